The molecular formula is C20H23NO3. The fourth-order valence-corrected chi connectivity index (χ4v) is 3.20. The highest BCUT2D eigenvalue weighted by molar-refractivity contribution is 5.85. The predicted molar refractivity (Wildman–Crippen MR) is 93.2 cm³/mol. The van der Waals surface area contributed by atoms with Crippen molar-refractivity contribution in [2.75, 3.05) is 13.2 Å². The van der Waals surface area contributed by atoms with Gasteiger partial charge < -0.3 is 15.2 Å². The Morgan fingerprint density at radius 1 is 1.21 bits per heavy atom. The summed E-state index contributed by atoms with van der Waals surface area (Å²) in [6.45, 7) is 2.67. The van der Waals surface area contributed by atoms with Crippen molar-refractivity contribution in [3.05, 3.63) is 65.7 Å². The number of carbonyl (C=O) groups excluding carboxylic acids is 1. The Kier molecular flexibility index (Phi) is 5.16. The molecular weight excluding hydrogens is 302 g/mol. The summed E-state index contributed by atoms with van der Waals surface area (Å²) in [6.07, 6.45) is 0.199. The van der Waals surface area contributed by atoms with Crippen molar-refractivity contribution in [3.63, 3.8) is 0 Å². The van der Waals surface area contributed by atoms with Gasteiger partial charge in [0.2, 0.25) is 5.91 Å². The Morgan fingerprint density at radius 2 is 1.92 bits per heavy atom. The molecule has 0 fully saturated rings. The van der Waals surface area contributed by atoms with Gasteiger partial charge in [0.15, 0.2) is 0 Å². The Balaban J connectivity index is 1.66. The minimum absolute atomic E-state index is 0.0218. The minimum Gasteiger partial charge on any atom is -0.492 e. The Hall–Kier alpha value is -2.33. The first kappa shape index (κ1) is 16.5. The van der Waals surface area contributed by atoms with Gasteiger partial charge in [-0.1, -0.05) is 48.5 Å². The summed E-state index contributed by atoms with van der Waals surface area (Å²) in [5.74, 6) is 0.601. The van der Waals surface area contributed by atoms with Crippen LogP contribution < -0.4 is 10.1 Å². The summed E-state index contributed by atoms with van der Waals surface area (Å²) in [6, 6.07) is 17.7. The molecule has 0 saturated heterocycles. The van der Waals surface area contributed by atoms with Crippen molar-refractivity contribution in [3.8, 4) is 5.75 Å². The smallest absolute Gasteiger partial charge is 0.231 e. The van der Waals surface area contributed by atoms with Crippen LogP contribution in [0.15, 0.2) is 54.6 Å². The molecule has 3 atom stereocenters. The molecule has 0 aliphatic carbocycles. The van der Waals surface area contributed by atoms with Crippen LogP contribution >= 0.6 is 0 Å². The molecule has 0 spiro atoms. The molecule has 0 bridgehead atoms. The summed E-state index contributed by atoms with van der Waals surface area (Å²) in [4.78, 5) is 12.6. The molecule has 0 radical (unpaired) electrons. The third-order valence-corrected chi connectivity index (χ3v) is 4.44. The normalized spacial score (nSPS) is 18.3. The highest BCUT2D eigenvalue weighted by atomic mass is 16.5. The molecule has 2 N–H and O–H groups in total. The van der Waals surface area contributed by atoms with Crippen LogP contribution in [0.4, 0.5) is 0 Å². The van der Waals surface area contributed by atoms with E-state index in [9.17, 15) is 9.90 Å². The zero-order valence-corrected chi connectivity index (χ0v) is 13.8. The van der Waals surface area contributed by atoms with Gasteiger partial charge in [0, 0.05) is 18.0 Å². The number of carbonyl (C=O) groups is 1. The average Bonchev–Trinajstić information content (AvgIpc) is 3.03. The van der Waals surface area contributed by atoms with E-state index in [0.717, 1.165) is 16.9 Å². The Bertz CT molecular complexity index is 684. The summed E-state index contributed by atoms with van der Waals surface area (Å²) in [5.41, 5.74) is 2.07. The number of rotatable bonds is 6. The number of aliphatic hydroxyl groups excluding tert-OH is 1. The summed E-state index contributed by atoms with van der Waals surface area (Å²) >= 11 is 0. The number of fused-ring (bicyclic) bond motifs is 1. The largest absolute Gasteiger partial charge is 0.492 e. The van der Waals surface area contributed by atoms with Gasteiger partial charge in [-0.2, -0.15) is 0 Å². The van der Waals surface area contributed by atoms with Crippen molar-refractivity contribution in [2.45, 2.75) is 31.3 Å². The van der Waals surface area contributed by atoms with Crippen molar-refractivity contribution >= 4 is 5.91 Å². The van der Waals surface area contributed by atoms with E-state index in [-0.39, 0.29) is 17.7 Å². The number of hydrogen-bond donors (Lipinski definition) is 2. The zero-order valence-electron chi connectivity index (χ0n) is 13.8. The topological polar surface area (TPSA) is 58.6 Å². The molecule has 0 saturated carbocycles. The molecule has 24 heavy (non-hydrogen) atoms. The van der Waals surface area contributed by atoms with Gasteiger partial charge in [0.05, 0.1) is 6.10 Å². The number of aliphatic hydroxyl groups is 1. The molecule has 0 aromatic heterocycles. The van der Waals surface area contributed by atoms with Crippen LogP contribution in [0, 0.1) is 0 Å². The van der Waals surface area contributed by atoms with Crippen LogP contribution in [-0.2, 0) is 4.79 Å². The van der Waals surface area contributed by atoms with E-state index in [1.807, 2.05) is 54.6 Å². The number of hydrogen-bond acceptors (Lipinski definition) is 3. The molecule has 4 heteroatoms. The van der Waals surface area contributed by atoms with Gasteiger partial charge in [-0.25, -0.2) is 0 Å². The Labute approximate surface area is 142 Å². The third kappa shape index (κ3) is 3.77. The molecule has 126 valence electrons. The van der Waals surface area contributed by atoms with E-state index in [0.29, 0.717) is 19.6 Å². The van der Waals surface area contributed by atoms with Crippen LogP contribution in [0.25, 0.3) is 0 Å². The molecule has 2 aromatic carbocycles. The molecule has 3 rings (SSSR count). The van der Waals surface area contributed by atoms with Gasteiger partial charge in [0.25, 0.3) is 0 Å². The van der Waals surface area contributed by atoms with Crippen LogP contribution in [0.2, 0.25) is 0 Å². The van der Waals surface area contributed by atoms with Crippen molar-refractivity contribution in [1.82, 2.24) is 5.32 Å². The first-order valence-corrected chi connectivity index (χ1v) is 8.37. The molecule has 4 nitrogen and oxygen atoms in total. The first-order valence-electron chi connectivity index (χ1n) is 8.37. The molecule has 1 heterocycles. The van der Waals surface area contributed by atoms with E-state index >= 15 is 0 Å². The summed E-state index contributed by atoms with van der Waals surface area (Å²) in [7, 11) is 0. The van der Waals surface area contributed by atoms with Crippen LogP contribution in [0.5, 0.6) is 5.75 Å². The second-order valence-corrected chi connectivity index (χ2v) is 6.34. The predicted octanol–water partition coefficient (Wildman–Crippen LogP) is 2.83. The lowest BCUT2D eigenvalue weighted by atomic mass is 9.93. The maximum absolute atomic E-state index is 12.6. The van der Waals surface area contributed by atoms with E-state index in [2.05, 4.69) is 5.32 Å². The maximum Gasteiger partial charge on any atom is 0.231 e. The lowest BCUT2D eigenvalue weighted by Crippen LogP contribution is -2.34. The highest BCUT2D eigenvalue weighted by Gasteiger charge is 2.30. The van der Waals surface area contributed by atoms with E-state index in [1.54, 1.807) is 6.92 Å². The van der Waals surface area contributed by atoms with Gasteiger partial charge in [-0.3, -0.25) is 4.79 Å². The van der Waals surface area contributed by atoms with Crippen molar-refractivity contribution in [2.24, 2.45) is 0 Å². The van der Waals surface area contributed by atoms with Crippen molar-refractivity contribution < 1.29 is 14.6 Å². The third-order valence-electron chi connectivity index (χ3n) is 4.44. The zero-order chi connectivity index (χ0) is 16.9. The second kappa shape index (κ2) is 7.49. The van der Waals surface area contributed by atoms with Crippen LogP contribution in [0.1, 0.15) is 36.3 Å². The lowest BCUT2D eigenvalue weighted by molar-refractivity contribution is -0.122. The second-order valence-electron chi connectivity index (χ2n) is 6.34. The standard InChI is InChI=1S/C20H23NO3/c1-14(22)11-16(15-7-3-2-4-8-15)12-21-20(23)18-13-24-19-10-6-5-9-17(18)19/h2-10,14,16,18,22H,11-13H2,1H3,(H,21,23). The van der Waals surface area contributed by atoms with E-state index in [4.69, 9.17) is 4.74 Å². The molecule has 3 unspecified atom stereocenters. The SMILES string of the molecule is CC(O)CC(CNC(=O)C1COc2ccccc21)c1ccccc1. The highest BCUT2D eigenvalue weighted by Crippen LogP contribution is 2.33. The summed E-state index contributed by atoms with van der Waals surface area (Å²) < 4.78 is 5.59. The summed E-state index contributed by atoms with van der Waals surface area (Å²) in [5, 5.41) is 12.8. The minimum atomic E-state index is -0.414. The molecule has 1 aliphatic rings. The van der Waals surface area contributed by atoms with Gasteiger partial charge in [0.1, 0.15) is 18.3 Å². The maximum atomic E-state index is 12.6. The number of para-hydroxylation sites is 1. The van der Waals surface area contributed by atoms with Gasteiger partial charge >= 0.3 is 0 Å². The molecule has 2 aromatic rings. The molecule has 1 aliphatic heterocycles. The van der Waals surface area contributed by atoms with E-state index < -0.39 is 6.10 Å². The average molecular weight is 325 g/mol. The van der Waals surface area contributed by atoms with E-state index in [1.165, 1.54) is 0 Å². The number of nitrogens with one attached hydrogen (secondary N) is 1. The lowest BCUT2D eigenvalue weighted by Gasteiger charge is -2.20. The Morgan fingerprint density at radius 3 is 2.67 bits per heavy atom. The number of benzene rings is 2. The fraction of sp³-hybridized carbons (Fsp3) is 0.350. The van der Waals surface area contributed by atoms with Crippen LogP contribution in [0.3, 0.4) is 0 Å². The van der Waals surface area contributed by atoms with Crippen molar-refractivity contribution in [1.29, 1.82) is 0 Å². The quantitative estimate of drug-likeness (QED) is 0.858. The van der Waals surface area contributed by atoms with Gasteiger partial charge in [-0.05, 0) is 25.0 Å². The first-order chi connectivity index (χ1) is 11.6. The van der Waals surface area contributed by atoms with Gasteiger partial charge in [-0.15, -0.1) is 0 Å². The number of amides is 1. The van der Waals surface area contributed by atoms with Crippen LogP contribution in [-0.4, -0.2) is 30.3 Å². The number of ether oxygens (including phenoxy) is 1. The molecule has 1 amide bonds. The monoisotopic (exact) mass is 325 g/mol. The fourth-order valence-electron chi connectivity index (χ4n) is 3.20.